The van der Waals surface area contributed by atoms with Crippen molar-refractivity contribution < 1.29 is 37.7 Å². The number of furan rings is 2. The lowest BCUT2D eigenvalue weighted by Gasteiger charge is -2.24. The van der Waals surface area contributed by atoms with Gasteiger partial charge < -0.3 is 33.1 Å². The van der Waals surface area contributed by atoms with E-state index < -0.39 is 23.5 Å². The molecule has 36 heavy (non-hydrogen) atoms. The molecule has 2 aromatic carbocycles. The molecule has 4 aromatic rings. The quantitative estimate of drug-likeness (QED) is 0.355. The molecule has 0 fully saturated rings. The number of Topliss-reactive ketones (excluding diaryl/α,β-unsaturated/α-hetero) is 1. The second-order valence-electron chi connectivity index (χ2n) is 8.27. The van der Waals surface area contributed by atoms with Crippen LogP contribution in [0.1, 0.15) is 27.9 Å². The van der Waals surface area contributed by atoms with Crippen molar-refractivity contribution in [1.82, 2.24) is 4.90 Å². The number of hydrogen-bond donors (Lipinski definition) is 1. The largest absolute Gasteiger partial charge is 0.503 e. The number of amides is 1. The van der Waals surface area contributed by atoms with Gasteiger partial charge in [-0.15, -0.1) is 0 Å². The maximum absolute atomic E-state index is 13.7. The molecule has 0 aliphatic carbocycles. The molecule has 0 spiro atoms. The highest BCUT2D eigenvalue weighted by atomic mass is 35.5. The normalized spacial score (nSPS) is 16.9. The summed E-state index contributed by atoms with van der Waals surface area (Å²) < 4.78 is 27.5. The van der Waals surface area contributed by atoms with E-state index >= 15 is 0 Å². The number of aliphatic hydroxyl groups is 1. The van der Waals surface area contributed by atoms with Crippen molar-refractivity contribution in [2.75, 3.05) is 13.9 Å². The minimum Gasteiger partial charge on any atom is -0.503 e. The summed E-state index contributed by atoms with van der Waals surface area (Å²) in [4.78, 5) is 28.2. The van der Waals surface area contributed by atoms with Gasteiger partial charge in [0.05, 0.1) is 18.9 Å². The third-order valence-corrected chi connectivity index (χ3v) is 6.36. The van der Waals surface area contributed by atoms with Gasteiger partial charge in [0.25, 0.3) is 5.91 Å². The van der Waals surface area contributed by atoms with Crippen LogP contribution in [0.25, 0.3) is 11.0 Å². The van der Waals surface area contributed by atoms with E-state index in [0.717, 1.165) is 0 Å². The van der Waals surface area contributed by atoms with Crippen LogP contribution >= 0.6 is 11.6 Å². The second kappa shape index (κ2) is 8.39. The molecule has 4 heterocycles. The number of nitrogens with zero attached hydrogens (tertiary/aromatic N) is 1. The average Bonchev–Trinajstić information content (AvgIpc) is 3.66. The summed E-state index contributed by atoms with van der Waals surface area (Å²) in [6.07, 6.45) is 1.43. The molecule has 182 valence electrons. The highest BCUT2D eigenvalue weighted by Crippen LogP contribution is 2.42. The van der Waals surface area contributed by atoms with E-state index in [1.54, 1.807) is 42.5 Å². The Bertz CT molecular complexity index is 1550. The minimum absolute atomic E-state index is 0.0746. The number of aliphatic hydroxyl groups excluding tert-OH is 1. The maximum Gasteiger partial charge on any atom is 0.290 e. The molecule has 2 aliphatic rings. The molecule has 2 aliphatic heterocycles. The summed E-state index contributed by atoms with van der Waals surface area (Å²) in [6, 6.07) is 12.3. The SMILES string of the molecule is COc1cc(Cl)cc2cc(C(=O)C3=C(O)C(=O)N(Cc4ccc5c(c4)OCO5)C3c3ccco3)oc12. The second-order valence-corrected chi connectivity index (χ2v) is 8.70. The Morgan fingerprint density at radius 1 is 1.17 bits per heavy atom. The van der Waals surface area contributed by atoms with Crippen LogP contribution in [0.3, 0.4) is 0 Å². The van der Waals surface area contributed by atoms with E-state index in [4.69, 9.17) is 34.6 Å². The Morgan fingerprint density at radius 3 is 2.78 bits per heavy atom. The number of carbonyl (C=O) groups excluding carboxylic acids is 2. The van der Waals surface area contributed by atoms with Crippen molar-refractivity contribution in [3.05, 3.63) is 88.2 Å². The van der Waals surface area contributed by atoms with Crippen molar-refractivity contribution in [3.8, 4) is 17.2 Å². The number of halogens is 1. The van der Waals surface area contributed by atoms with Crippen molar-refractivity contribution in [2.24, 2.45) is 0 Å². The van der Waals surface area contributed by atoms with Crippen molar-refractivity contribution in [1.29, 1.82) is 0 Å². The van der Waals surface area contributed by atoms with Gasteiger partial charge in [0.2, 0.25) is 12.6 Å². The standard InChI is InChI=1S/C26H18ClNO8/c1-32-20-10-15(27)8-14-9-19(36-25(14)20)23(29)21-22(17-3-2-6-33-17)28(26(31)24(21)30)11-13-4-5-16-18(7-13)35-12-34-16/h2-10,22,30H,11-12H2,1H3. The number of hydrogen-bond acceptors (Lipinski definition) is 8. The number of ether oxygens (including phenoxy) is 3. The van der Waals surface area contributed by atoms with E-state index in [9.17, 15) is 14.7 Å². The zero-order valence-corrected chi connectivity index (χ0v) is 19.6. The molecule has 1 N–H and O–H groups in total. The van der Waals surface area contributed by atoms with Gasteiger partial charge in [-0.3, -0.25) is 9.59 Å². The summed E-state index contributed by atoms with van der Waals surface area (Å²) in [5.41, 5.74) is 0.884. The average molecular weight is 508 g/mol. The molecule has 6 rings (SSSR count). The van der Waals surface area contributed by atoms with Crippen LogP contribution < -0.4 is 14.2 Å². The molecule has 0 saturated carbocycles. The smallest absolute Gasteiger partial charge is 0.290 e. The molecular formula is C26H18ClNO8. The van der Waals surface area contributed by atoms with Crippen molar-refractivity contribution >= 4 is 34.3 Å². The van der Waals surface area contributed by atoms with Crippen LogP contribution in [0.5, 0.6) is 17.2 Å². The lowest BCUT2D eigenvalue weighted by atomic mass is 9.99. The van der Waals surface area contributed by atoms with E-state index in [0.29, 0.717) is 44.6 Å². The first-order valence-corrected chi connectivity index (χ1v) is 11.3. The van der Waals surface area contributed by atoms with Crippen LogP contribution in [-0.4, -0.2) is 35.6 Å². The zero-order valence-electron chi connectivity index (χ0n) is 18.8. The molecule has 0 saturated heterocycles. The third kappa shape index (κ3) is 3.47. The lowest BCUT2D eigenvalue weighted by molar-refractivity contribution is -0.130. The van der Waals surface area contributed by atoms with Gasteiger partial charge in [0, 0.05) is 23.0 Å². The Morgan fingerprint density at radius 2 is 2.00 bits per heavy atom. The van der Waals surface area contributed by atoms with E-state index in [2.05, 4.69) is 0 Å². The molecule has 2 aromatic heterocycles. The van der Waals surface area contributed by atoms with Crippen LogP contribution in [0.15, 0.2) is 75.0 Å². The number of carbonyl (C=O) groups is 2. The summed E-state index contributed by atoms with van der Waals surface area (Å²) >= 11 is 6.15. The Kier molecular flexibility index (Phi) is 5.15. The molecular weight excluding hydrogens is 490 g/mol. The van der Waals surface area contributed by atoms with Crippen LogP contribution in [0.4, 0.5) is 0 Å². The van der Waals surface area contributed by atoms with Gasteiger partial charge in [-0.2, -0.15) is 0 Å². The van der Waals surface area contributed by atoms with Crippen molar-refractivity contribution in [2.45, 2.75) is 12.6 Å². The Hall–Kier alpha value is -4.37. The minimum atomic E-state index is -0.982. The molecule has 0 radical (unpaired) electrons. The molecule has 1 amide bonds. The number of methoxy groups -OCH3 is 1. The van der Waals surface area contributed by atoms with Gasteiger partial charge in [0.1, 0.15) is 11.8 Å². The molecule has 0 bridgehead atoms. The lowest BCUT2D eigenvalue weighted by Crippen LogP contribution is -2.30. The van der Waals surface area contributed by atoms with Gasteiger partial charge in [-0.25, -0.2) is 0 Å². The number of fused-ring (bicyclic) bond motifs is 2. The van der Waals surface area contributed by atoms with Gasteiger partial charge in [-0.1, -0.05) is 17.7 Å². The van der Waals surface area contributed by atoms with E-state index in [1.165, 1.54) is 24.3 Å². The fourth-order valence-corrected chi connectivity index (χ4v) is 4.73. The molecule has 1 unspecified atom stereocenters. The highest BCUT2D eigenvalue weighted by Gasteiger charge is 2.46. The zero-order chi connectivity index (χ0) is 25.0. The van der Waals surface area contributed by atoms with E-state index in [1.807, 2.05) is 0 Å². The first kappa shape index (κ1) is 22.1. The number of benzene rings is 2. The van der Waals surface area contributed by atoms with Gasteiger partial charge in [-0.05, 0) is 42.0 Å². The highest BCUT2D eigenvalue weighted by molar-refractivity contribution is 6.31. The maximum atomic E-state index is 13.7. The third-order valence-electron chi connectivity index (χ3n) is 6.14. The van der Waals surface area contributed by atoms with Crippen LogP contribution in [-0.2, 0) is 11.3 Å². The Labute approximate surface area is 209 Å². The monoisotopic (exact) mass is 507 g/mol. The molecule has 9 nitrogen and oxygen atoms in total. The van der Waals surface area contributed by atoms with E-state index in [-0.39, 0.29) is 24.7 Å². The topological polar surface area (TPSA) is 112 Å². The molecule has 1 atom stereocenters. The summed E-state index contributed by atoms with van der Waals surface area (Å²) in [5, 5.41) is 11.8. The summed E-state index contributed by atoms with van der Waals surface area (Å²) in [6.45, 7) is 0.191. The van der Waals surface area contributed by atoms with Gasteiger partial charge >= 0.3 is 0 Å². The summed E-state index contributed by atoms with van der Waals surface area (Å²) in [5.74, 6) is -0.311. The van der Waals surface area contributed by atoms with Crippen molar-refractivity contribution in [3.63, 3.8) is 0 Å². The number of ketones is 1. The predicted molar refractivity (Wildman–Crippen MR) is 126 cm³/mol. The summed E-state index contributed by atoms with van der Waals surface area (Å²) in [7, 11) is 1.46. The first-order valence-electron chi connectivity index (χ1n) is 10.9. The van der Waals surface area contributed by atoms with Crippen LogP contribution in [0, 0.1) is 0 Å². The first-order chi connectivity index (χ1) is 17.4. The molecule has 10 heteroatoms. The Balaban J connectivity index is 1.40. The van der Waals surface area contributed by atoms with Gasteiger partial charge in [0.15, 0.2) is 34.4 Å². The fourth-order valence-electron chi connectivity index (χ4n) is 4.51. The number of rotatable bonds is 6. The van der Waals surface area contributed by atoms with Crippen LogP contribution in [0.2, 0.25) is 5.02 Å². The fraction of sp³-hybridized carbons (Fsp3) is 0.154. The predicted octanol–water partition coefficient (Wildman–Crippen LogP) is 5.20.